The molecule has 2 aliphatic heterocycles. The first-order chi connectivity index (χ1) is 17.1. The number of amides is 2. The van der Waals surface area contributed by atoms with Crippen molar-refractivity contribution in [3.63, 3.8) is 0 Å². The molecule has 6 nitrogen and oxygen atoms in total. The molecule has 5 rings (SSSR count). The molecule has 2 amide bonds. The predicted molar refractivity (Wildman–Crippen MR) is 139 cm³/mol. The second-order valence-corrected chi connectivity index (χ2v) is 10.4. The number of fused-ring (bicyclic) bond motifs is 1. The van der Waals surface area contributed by atoms with Gasteiger partial charge >= 0.3 is 0 Å². The highest BCUT2D eigenvalue weighted by Crippen LogP contribution is 2.36. The second-order valence-electron chi connectivity index (χ2n) is 10.4. The summed E-state index contributed by atoms with van der Waals surface area (Å²) >= 11 is 0. The van der Waals surface area contributed by atoms with E-state index in [2.05, 4.69) is 46.6 Å². The summed E-state index contributed by atoms with van der Waals surface area (Å²) < 4.78 is 6.04. The summed E-state index contributed by atoms with van der Waals surface area (Å²) in [6.45, 7) is 2.25. The van der Waals surface area contributed by atoms with Crippen LogP contribution in [-0.4, -0.2) is 44.6 Å². The summed E-state index contributed by atoms with van der Waals surface area (Å²) in [4.78, 5) is 30.6. The Bertz CT molecular complexity index is 1030. The Balaban J connectivity index is 1.22. The van der Waals surface area contributed by atoms with Gasteiger partial charge in [0, 0.05) is 31.7 Å². The molecule has 3 aliphatic rings. The number of likely N-dealkylation sites (N-methyl/N-ethyl adjacent to an activating group) is 1. The van der Waals surface area contributed by atoms with E-state index < -0.39 is 6.04 Å². The minimum atomic E-state index is -0.673. The van der Waals surface area contributed by atoms with Gasteiger partial charge in [0.15, 0.2) is 0 Å². The molecule has 3 atom stereocenters. The quantitative estimate of drug-likeness (QED) is 0.688. The molecule has 1 saturated heterocycles. The van der Waals surface area contributed by atoms with Crippen LogP contribution in [-0.2, 0) is 16.0 Å². The lowest BCUT2D eigenvalue weighted by Gasteiger charge is -2.30. The third kappa shape index (κ3) is 5.47. The summed E-state index contributed by atoms with van der Waals surface area (Å²) in [7, 11) is 1.78. The van der Waals surface area contributed by atoms with Crippen LogP contribution >= 0.6 is 0 Å². The number of carbonyl (C=O) groups is 2. The number of nitrogens with one attached hydrogen (secondary N) is 1. The van der Waals surface area contributed by atoms with Crippen LogP contribution in [0.15, 0.2) is 48.5 Å². The van der Waals surface area contributed by atoms with E-state index in [4.69, 9.17) is 4.74 Å². The summed E-state index contributed by atoms with van der Waals surface area (Å²) in [5, 5.41) is 3.04. The Hall–Kier alpha value is -3.02. The number of hydrogen-bond donors (Lipinski definition) is 1. The molecule has 1 aliphatic carbocycles. The van der Waals surface area contributed by atoms with E-state index in [1.165, 1.54) is 24.8 Å². The highest BCUT2D eigenvalue weighted by molar-refractivity contribution is 6.01. The molecule has 1 saturated carbocycles. The van der Waals surface area contributed by atoms with Gasteiger partial charge in [0.25, 0.3) is 5.91 Å². The predicted octanol–water partition coefficient (Wildman–Crippen LogP) is 4.57. The van der Waals surface area contributed by atoms with Gasteiger partial charge in [0.2, 0.25) is 5.91 Å². The minimum Gasteiger partial charge on any atom is -0.489 e. The molecule has 35 heavy (non-hydrogen) atoms. The Morgan fingerprint density at radius 1 is 1.03 bits per heavy atom. The summed E-state index contributed by atoms with van der Waals surface area (Å²) in [6.07, 6.45) is 8.64. The van der Waals surface area contributed by atoms with Crippen molar-refractivity contribution in [2.24, 2.45) is 11.8 Å². The SMILES string of the molecule is CN1C(=O)C(NC(=O)C2CCCC(Cc3ccccc3)C2)COc2ccc(N3CCCCC3)cc21. The number of hydrogen-bond acceptors (Lipinski definition) is 4. The average Bonchev–Trinajstić information content (AvgIpc) is 3.02. The van der Waals surface area contributed by atoms with Crippen molar-refractivity contribution < 1.29 is 14.3 Å². The highest BCUT2D eigenvalue weighted by atomic mass is 16.5. The van der Waals surface area contributed by atoms with Gasteiger partial charge in [-0.1, -0.05) is 43.2 Å². The maximum absolute atomic E-state index is 13.3. The van der Waals surface area contributed by atoms with Crippen molar-refractivity contribution in [3.05, 3.63) is 54.1 Å². The molecule has 0 bridgehead atoms. The number of carbonyl (C=O) groups excluding carboxylic acids is 2. The molecular formula is C29H37N3O3. The standard InChI is InChI=1S/C29H37N3O3/c1-31-26-19-24(32-15-6-3-7-16-32)13-14-27(26)35-20-25(29(31)34)30-28(33)23-12-8-11-22(18-23)17-21-9-4-2-5-10-21/h2,4-5,9-10,13-14,19,22-23,25H,3,6-8,11-12,15-18,20H2,1H3,(H,30,33). The Kier molecular flexibility index (Phi) is 7.26. The Morgan fingerprint density at radius 2 is 1.83 bits per heavy atom. The minimum absolute atomic E-state index is 0.0157. The normalized spacial score (nSPS) is 24.8. The molecule has 1 N–H and O–H groups in total. The van der Waals surface area contributed by atoms with Crippen LogP contribution in [0.5, 0.6) is 5.75 Å². The maximum atomic E-state index is 13.3. The number of ether oxygens (including phenoxy) is 1. The van der Waals surface area contributed by atoms with Crippen LogP contribution in [0, 0.1) is 11.8 Å². The van der Waals surface area contributed by atoms with E-state index in [9.17, 15) is 9.59 Å². The van der Waals surface area contributed by atoms with Gasteiger partial charge in [0.05, 0.1) is 5.69 Å². The molecule has 186 valence electrons. The van der Waals surface area contributed by atoms with Gasteiger partial charge in [-0.25, -0.2) is 0 Å². The maximum Gasteiger partial charge on any atom is 0.252 e. The lowest BCUT2D eigenvalue weighted by atomic mass is 9.78. The van der Waals surface area contributed by atoms with Crippen LogP contribution in [0.1, 0.15) is 50.5 Å². The monoisotopic (exact) mass is 475 g/mol. The number of piperidine rings is 1. The number of rotatable bonds is 5. The fourth-order valence-electron chi connectivity index (χ4n) is 5.89. The first-order valence-corrected chi connectivity index (χ1v) is 13.2. The third-order valence-corrected chi connectivity index (χ3v) is 7.90. The molecule has 2 fully saturated rings. The van der Waals surface area contributed by atoms with Crippen LogP contribution in [0.4, 0.5) is 11.4 Å². The number of benzene rings is 2. The second kappa shape index (κ2) is 10.7. The molecule has 2 aromatic rings. The zero-order valence-electron chi connectivity index (χ0n) is 20.7. The van der Waals surface area contributed by atoms with Crippen LogP contribution in [0.3, 0.4) is 0 Å². The molecule has 2 heterocycles. The molecule has 3 unspecified atom stereocenters. The fraction of sp³-hybridized carbons (Fsp3) is 0.517. The summed E-state index contributed by atoms with van der Waals surface area (Å²) in [5.41, 5.74) is 3.23. The fourth-order valence-corrected chi connectivity index (χ4v) is 5.89. The van der Waals surface area contributed by atoms with Crippen molar-refractivity contribution in [1.82, 2.24) is 5.32 Å². The molecule has 2 aromatic carbocycles. The van der Waals surface area contributed by atoms with Gasteiger partial charge < -0.3 is 19.9 Å². The lowest BCUT2D eigenvalue weighted by Crippen LogP contribution is -2.51. The van der Waals surface area contributed by atoms with Gasteiger partial charge in [0.1, 0.15) is 18.4 Å². The van der Waals surface area contributed by atoms with E-state index in [1.54, 1.807) is 11.9 Å². The highest BCUT2D eigenvalue weighted by Gasteiger charge is 2.34. The largest absolute Gasteiger partial charge is 0.489 e. The van der Waals surface area contributed by atoms with E-state index >= 15 is 0 Å². The average molecular weight is 476 g/mol. The number of nitrogens with zero attached hydrogens (tertiary/aromatic N) is 2. The smallest absolute Gasteiger partial charge is 0.252 e. The number of anilines is 2. The van der Waals surface area contributed by atoms with E-state index in [-0.39, 0.29) is 24.3 Å². The zero-order chi connectivity index (χ0) is 24.2. The van der Waals surface area contributed by atoms with Crippen LogP contribution in [0.25, 0.3) is 0 Å². The molecule has 0 spiro atoms. The van der Waals surface area contributed by atoms with Crippen LogP contribution < -0.4 is 19.9 Å². The molecule has 6 heteroatoms. The van der Waals surface area contributed by atoms with Crippen molar-refractivity contribution in [1.29, 1.82) is 0 Å². The van der Waals surface area contributed by atoms with Crippen LogP contribution in [0.2, 0.25) is 0 Å². The third-order valence-electron chi connectivity index (χ3n) is 7.90. The molecular weight excluding hydrogens is 438 g/mol. The zero-order valence-corrected chi connectivity index (χ0v) is 20.7. The lowest BCUT2D eigenvalue weighted by molar-refractivity contribution is -0.131. The Labute approximate surface area is 208 Å². The van der Waals surface area contributed by atoms with E-state index in [1.807, 2.05) is 12.1 Å². The first-order valence-electron chi connectivity index (χ1n) is 13.2. The van der Waals surface area contributed by atoms with E-state index in [0.29, 0.717) is 11.7 Å². The molecule has 0 aromatic heterocycles. The van der Waals surface area contributed by atoms with E-state index in [0.717, 1.165) is 56.6 Å². The van der Waals surface area contributed by atoms with Crippen molar-refractivity contribution in [3.8, 4) is 5.75 Å². The van der Waals surface area contributed by atoms with Crippen molar-refractivity contribution in [2.75, 3.05) is 36.5 Å². The van der Waals surface area contributed by atoms with Gasteiger partial charge in [-0.2, -0.15) is 0 Å². The Morgan fingerprint density at radius 3 is 2.63 bits per heavy atom. The topological polar surface area (TPSA) is 61.9 Å². The van der Waals surface area contributed by atoms with Gasteiger partial charge in [-0.15, -0.1) is 0 Å². The van der Waals surface area contributed by atoms with Crippen molar-refractivity contribution >= 4 is 23.2 Å². The van der Waals surface area contributed by atoms with Crippen molar-refractivity contribution in [2.45, 2.75) is 57.4 Å². The van der Waals surface area contributed by atoms with Gasteiger partial charge in [-0.3, -0.25) is 9.59 Å². The summed E-state index contributed by atoms with van der Waals surface area (Å²) in [6, 6.07) is 15.9. The first kappa shape index (κ1) is 23.7. The molecule has 0 radical (unpaired) electrons. The summed E-state index contributed by atoms with van der Waals surface area (Å²) in [5.74, 6) is 1.01. The van der Waals surface area contributed by atoms with Gasteiger partial charge in [-0.05, 0) is 68.2 Å².